The minimum atomic E-state index is -0.852. The molecule has 1 aliphatic rings. The van der Waals surface area contributed by atoms with E-state index >= 15 is 0 Å². The third-order valence-electron chi connectivity index (χ3n) is 6.31. The smallest absolute Gasteiger partial charge is 0.407 e. The lowest BCUT2D eigenvalue weighted by Gasteiger charge is -2.30. The second-order valence-electron chi connectivity index (χ2n) is 8.38. The molecule has 1 saturated heterocycles. The van der Waals surface area contributed by atoms with Gasteiger partial charge in [0.25, 0.3) is 0 Å². The number of fused-ring (bicyclic) bond motifs is 1. The molecule has 4 heterocycles. The Labute approximate surface area is 196 Å². The van der Waals surface area contributed by atoms with Gasteiger partial charge in [0.1, 0.15) is 5.65 Å². The lowest BCUT2D eigenvalue weighted by molar-refractivity contribution is 0.124. The van der Waals surface area contributed by atoms with Crippen LogP contribution in [0.2, 0.25) is 5.02 Å². The molecule has 3 aromatic heterocycles. The van der Waals surface area contributed by atoms with Crippen LogP contribution in [0.1, 0.15) is 35.6 Å². The summed E-state index contributed by atoms with van der Waals surface area (Å²) in [6.07, 6.45) is 12.4. The standard InChI is InChI=1S/C25H24ClN5O2/c1-16-3-2-4-23(26)21(16)6-5-17-12-27-24-22(17)11-18(13-28-24)19-14-29-31(15-19)20-7-9-30(10-8-20)25(32)33/h2-6,11-15,20H,7-10H2,1H3,(H,27,28)(H,32,33). The van der Waals surface area contributed by atoms with Crippen LogP contribution in [0.3, 0.4) is 0 Å². The first-order valence-electron chi connectivity index (χ1n) is 10.9. The fourth-order valence-electron chi connectivity index (χ4n) is 4.36. The normalized spacial score (nSPS) is 15.0. The van der Waals surface area contributed by atoms with Gasteiger partial charge in [-0.15, -0.1) is 0 Å². The number of benzene rings is 1. The third-order valence-corrected chi connectivity index (χ3v) is 6.64. The molecule has 33 heavy (non-hydrogen) atoms. The van der Waals surface area contributed by atoms with Crippen molar-refractivity contribution in [2.24, 2.45) is 0 Å². The average molecular weight is 462 g/mol. The fourth-order valence-corrected chi connectivity index (χ4v) is 4.64. The molecular weight excluding hydrogens is 438 g/mol. The number of amides is 1. The van der Waals surface area contributed by atoms with Gasteiger partial charge in [0.2, 0.25) is 0 Å². The van der Waals surface area contributed by atoms with Crippen molar-refractivity contribution in [3.63, 3.8) is 0 Å². The maximum Gasteiger partial charge on any atom is 0.407 e. The van der Waals surface area contributed by atoms with Crippen LogP contribution in [-0.4, -0.2) is 48.9 Å². The molecule has 0 saturated carbocycles. The Morgan fingerprint density at radius 2 is 2.03 bits per heavy atom. The molecule has 168 valence electrons. The Morgan fingerprint density at radius 1 is 1.21 bits per heavy atom. The molecule has 1 fully saturated rings. The Balaban J connectivity index is 1.39. The van der Waals surface area contributed by atoms with E-state index in [9.17, 15) is 4.79 Å². The molecule has 7 nitrogen and oxygen atoms in total. The van der Waals surface area contributed by atoms with Gasteiger partial charge < -0.3 is 15.0 Å². The highest BCUT2D eigenvalue weighted by Gasteiger charge is 2.24. The predicted molar refractivity (Wildman–Crippen MR) is 130 cm³/mol. The maximum atomic E-state index is 11.1. The number of nitrogens with one attached hydrogen (secondary N) is 1. The topological polar surface area (TPSA) is 87.0 Å². The number of halogens is 1. The lowest BCUT2D eigenvalue weighted by Crippen LogP contribution is -2.38. The second kappa shape index (κ2) is 8.75. The summed E-state index contributed by atoms with van der Waals surface area (Å²) >= 11 is 6.37. The minimum Gasteiger partial charge on any atom is -0.465 e. The van der Waals surface area contributed by atoms with Gasteiger partial charge in [-0.25, -0.2) is 9.78 Å². The number of pyridine rings is 1. The van der Waals surface area contributed by atoms with Crippen molar-refractivity contribution in [3.8, 4) is 11.1 Å². The Morgan fingerprint density at radius 3 is 2.79 bits per heavy atom. The molecule has 0 aliphatic carbocycles. The van der Waals surface area contributed by atoms with E-state index in [1.165, 1.54) is 4.90 Å². The first-order chi connectivity index (χ1) is 16.0. The van der Waals surface area contributed by atoms with Crippen molar-refractivity contribution >= 4 is 40.9 Å². The van der Waals surface area contributed by atoms with E-state index < -0.39 is 6.09 Å². The Kier molecular flexibility index (Phi) is 5.64. The number of carboxylic acid groups (broad SMARTS) is 1. The van der Waals surface area contributed by atoms with Gasteiger partial charge in [0.05, 0.1) is 12.2 Å². The summed E-state index contributed by atoms with van der Waals surface area (Å²) in [5.41, 5.74) is 5.96. The van der Waals surface area contributed by atoms with Crippen LogP contribution in [0.4, 0.5) is 4.79 Å². The molecule has 8 heteroatoms. The number of hydrogen-bond donors (Lipinski definition) is 2. The summed E-state index contributed by atoms with van der Waals surface area (Å²) in [7, 11) is 0. The number of rotatable bonds is 4. The van der Waals surface area contributed by atoms with Crippen LogP contribution in [0.5, 0.6) is 0 Å². The predicted octanol–water partition coefficient (Wildman–Crippen LogP) is 5.87. The van der Waals surface area contributed by atoms with E-state index in [-0.39, 0.29) is 6.04 Å². The van der Waals surface area contributed by atoms with Crippen LogP contribution < -0.4 is 0 Å². The van der Waals surface area contributed by atoms with E-state index in [4.69, 9.17) is 16.7 Å². The zero-order chi connectivity index (χ0) is 22.9. The molecule has 4 aromatic rings. The quantitative estimate of drug-likeness (QED) is 0.397. The highest BCUT2D eigenvalue weighted by Crippen LogP contribution is 2.29. The molecule has 1 aromatic carbocycles. The first kappa shape index (κ1) is 21.3. The van der Waals surface area contributed by atoms with Gasteiger partial charge in [0.15, 0.2) is 0 Å². The zero-order valence-electron chi connectivity index (χ0n) is 18.2. The molecule has 0 unspecified atom stereocenters. The number of hydrogen-bond acceptors (Lipinski definition) is 3. The molecule has 1 aliphatic heterocycles. The Hall–Kier alpha value is -3.58. The summed E-state index contributed by atoms with van der Waals surface area (Å²) in [4.78, 5) is 20.4. The number of nitrogens with zero attached hydrogens (tertiary/aromatic N) is 4. The molecule has 0 radical (unpaired) electrons. The van der Waals surface area contributed by atoms with E-state index in [1.54, 1.807) is 0 Å². The molecular formula is C25H24ClN5O2. The zero-order valence-corrected chi connectivity index (χ0v) is 19.0. The van der Waals surface area contributed by atoms with Crippen molar-refractivity contribution < 1.29 is 9.90 Å². The van der Waals surface area contributed by atoms with E-state index in [0.29, 0.717) is 13.1 Å². The summed E-state index contributed by atoms with van der Waals surface area (Å²) in [5, 5.41) is 15.5. The highest BCUT2D eigenvalue weighted by atomic mass is 35.5. The lowest BCUT2D eigenvalue weighted by atomic mass is 10.1. The number of aryl methyl sites for hydroxylation is 1. The van der Waals surface area contributed by atoms with Gasteiger partial charge in [-0.1, -0.05) is 35.9 Å². The minimum absolute atomic E-state index is 0.204. The largest absolute Gasteiger partial charge is 0.465 e. The SMILES string of the molecule is Cc1cccc(Cl)c1C=Cc1c[nH]c2ncc(-c3cnn(C4CCN(C(=O)O)CC4)c3)cc12. The van der Waals surface area contributed by atoms with Crippen LogP contribution >= 0.6 is 11.6 Å². The number of H-pyrrole nitrogens is 1. The van der Waals surface area contributed by atoms with Gasteiger partial charge in [-0.2, -0.15) is 5.10 Å². The molecule has 1 amide bonds. The van der Waals surface area contributed by atoms with E-state index in [0.717, 1.165) is 56.7 Å². The number of piperidine rings is 1. The van der Waals surface area contributed by atoms with Crippen LogP contribution in [0.15, 0.2) is 49.1 Å². The summed E-state index contributed by atoms with van der Waals surface area (Å²) < 4.78 is 1.96. The molecule has 2 N–H and O–H groups in total. The van der Waals surface area contributed by atoms with Crippen molar-refractivity contribution in [2.45, 2.75) is 25.8 Å². The highest BCUT2D eigenvalue weighted by molar-refractivity contribution is 6.32. The second-order valence-corrected chi connectivity index (χ2v) is 8.78. The molecule has 0 atom stereocenters. The summed E-state index contributed by atoms with van der Waals surface area (Å²) in [5.74, 6) is 0. The molecule has 5 rings (SSSR count). The van der Waals surface area contributed by atoms with Crippen molar-refractivity contribution in [2.75, 3.05) is 13.1 Å². The monoisotopic (exact) mass is 461 g/mol. The van der Waals surface area contributed by atoms with Gasteiger partial charge in [-0.05, 0) is 43.0 Å². The number of aromatic nitrogens is 4. The van der Waals surface area contributed by atoms with Gasteiger partial charge in [0, 0.05) is 58.8 Å². The summed E-state index contributed by atoms with van der Waals surface area (Å²) in [6, 6.07) is 8.21. The van der Waals surface area contributed by atoms with Crippen LogP contribution in [0.25, 0.3) is 34.3 Å². The molecule has 0 spiro atoms. The fraction of sp³-hybridized carbons (Fsp3) is 0.240. The first-order valence-corrected chi connectivity index (χ1v) is 11.3. The number of aromatic amines is 1. The van der Waals surface area contributed by atoms with Crippen LogP contribution in [-0.2, 0) is 0 Å². The van der Waals surface area contributed by atoms with Crippen LogP contribution in [0, 0.1) is 6.92 Å². The number of carbonyl (C=O) groups is 1. The third kappa shape index (κ3) is 4.24. The summed E-state index contributed by atoms with van der Waals surface area (Å²) in [6.45, 7) is 3.11. The van der Waals surface area contributed by atoms with E-state index in [1.807, 2.05) is 60.7 Å². The Bertz CT molecular complexity index is 1330. The maximum absolute atomic E-state index is 11.1. The van der Waals surface area contributed by atoms with Gasteiger partial charge in [-0.3, -0.25) is 4.68 Å². The van der Waals surface area contributed by atoms with Crippen molar-refractivity contribution in [1.29, 1.82) is 0 Å². The van der Waals surface area contributed by atoms with Gasteiger partial charge >= 0.3 is 6.09 Å². The van der Waals surface area contributed by atoms with Crippen molar-refractivity contribution in [1.82, 2.24) is 24.6 Å². The average Bonchev–Trinajstić information content (AvgIpc) is 3.46. The van der Waals surface area contributed by atoms with Crippen molar-refractivity contribution in [3.05, 3.63) is 70.8 Å². The molecule has 0 bridgehead atoms. The number of likely N-dealkylation sites (tertiary alicyclic amines) is 1. The van der Waals surface area contributed by atoms with E-state index in [2.05, 4.69) is 27.2 Å².